The average Bonchev–Trinajstić information content (AvgIpc) is 3.71. The maximum atomic E-state index is 11.7. The normalized spacial score (nSPS) is 35.9. The van der Waals surface area contributed by atoms with E-state index in [-0.39, 0.29) is 22.9 Å². The van der Waals surface area contributed by atoms with Crippen molar-refractivity contribution in [1.29, 1.82) is 0 Å². The average molecular weight is 595 g/mol. The summed E-state index contributed by atoms with van der Waals surface area (Å²) in [4.78, 5) is 2.86. The van der Waals surface area contributed by atoms with E-state index >= 15 is 0 Å². The van der Waals surface area contributed by atoms with Crippen molar-refractivity contribution in [1.82, 2.24) is 4.90 Å². The van der Waals surface area contributed by atoms with E-state index in [2.05, 4.69) is 21.8 Å². The van der Waals surface area contributed by atoms with Crippen LogP contribution in [0.2, 0.25) is 0 Å². The van der Waals surface area contributed by atoms with Crippen molar-refractivity contribution in [2.75, 3.05) is 44.9 Å². The van der Waals surface area contributed by atoms with Gasteiger partial charge < -0.3 is 18.9 Å². The number of methoxy groups -OCH3 is 2. The van der Waals surface area contributed by atoms with Crippen LogP contribution >= 0.6 is 0 Å². The van der Waals surface area contributed by atoms with Crippen molar-refractivity contribution >= 4 is 15.7 Å². The summed E-state index contributed by atoms with van der Waals surface area (Å²) in [6, 6.07) is 12.4. The Balaban J connectivity index is 1.14. The van der Waals surface area contributed by atoms with E-state index in [0.29, 0.717) is 24.9 Å². The minimum absolute atomic E-state index is 0.0639. The topological polar surface area (TPSA) is 86.3 Å². The molecule has 4 bridgehead atoms. The predicted octanol–water partition coefficient (Wildman–Crippen LogP) is 4.51. The number of benzene rings is 2. The highest BCUT2D eigenvalue weighted by atomic mass is 32.2. The Morgan fingerprint density at radius 1 is 1.12 bits per heavy atom. The van der Waals surface area contributed by atoms with Crippen molar-refractivity contribution < 1.29 is 27.4 Å². The first-order valence-corrected chi connectivity index (χ1v) is 17.4. The molecule has 6 atom stereocenters. The van der Waals surface area contributed by atoms with E-state index in [4.69, 9.17) is 18.9 Å². The number of fused-ring (bicyclic) bond motifs is 2. The molecule has 2 aromatic rings. The van der Waals surface area contributed by atoms with E-state index in [1.54, 1.807) is 13.2 Å². The number of rotatable bonds is 10. The third kappa shape index (κ3) is 3.72. The number of hydrogen-bond donors (Lipinski definition) is 1. The van der Waals surface area contributed by atoms with Gasteiger partial charge in [-0.3, -0.25) is 9.62 Å². The molecular weight excluding hydrogens is 552 g/mol. The first kappa shape index (κ1) is 27.2. The van der Waals surface area contributed by atoms with E-state index in [9.17, 15) is 8.42 Å². The summed E-state index contributed by atoms with van der Waals surface area (Å²) in [5.41, 5.74) is 3.97. The predicted molar refractivity (Wildman–Crippen MR) is 160 cm³/mol. The van der Waals surface area contributed by atoms with Gasteiger partial charge >= 0.3 is 0 Å². The molecular formula is C33H42N2O6S. The Hall–Kier alpha value is -2.33. The summed E-state index contributed by atoms with van der Waals surface area (Å²) >= 11 is 0. The van der Waals surface area contributed by atoms with Crippen molar-refractivity contribution in [3.8, 4) is 11.5 Å². The quantitative estimate of drug-likeness (QED) is 0.433. The van der Waals surface area contributed by atoms with Crippen LogP contribution in [0.15, 0.2) is 36.4 Å². The minimum Gasteiger partial charge on any atom is -0.493 e. The van der Waals surface area contributed by atoms with Crippen LogP contribution in [0.25, 0.3) is 0 Å². The highest BCUT2D eigenvalue weighted by Crippen LogP contribution is 2.76. The summed E-state index contributed by atoms with van der Waals surface area (Å²) < 4.78 is 52.2. The Bertz CT molecular complexity index is 1530. The molecule has 5 fully saturated rings. The Labute approximate surface area is 249 Å². The van der Waals surface area contributed by atoms with E-state index in [1.807, 2.05) is 25.3 Å². The van der Waals surface area contributed by atoms with Crippen LogP contribution in [0.5, 0.6) is 11.5 Å². The van der Waals surface area contributed by atoms with Crippen LogP contribution in [-0.4, -0.2) is 71.2 Å². The first-order chi connectivity index (χ1) is 20.2. The molecule has 2 heterocycles. The molecule has 8 nitrogen and oxygen atoms in total. The van der Waals surface area contributed by atoms with Gasteiger partial charge in [0.05, 0.1) is 26.6 Å². The highest BCUT2D eigenvalue weighted by molar-refractivity contribution is 7.92. The number of ether oxygens (including phenoxy) is 4. The van der Waals surface area contributed by atoms with Crippen LogP contribution < -0.4 is 14.2 Å². The lowest BCUT2D eigenvalue weighted by Gasteiger charge is -2.74. The van der Waals surface area contributed by atoms with Gasteiger partial charge in [0.15, 0.2) is 11.5 Å². The summed E-state index contributed by atoms with van der Waals surface area (Å²) in [5, 5.41) is 0. The van der Waals surface area contributed by atoms with Gasteiger partial charge in [-0.1, -0.05) is 18.2 Å². The lowest BCUT2D eigenvalue weighted by Crippen LogP contribution is -2.81. The largest absolute Gasteiger partial charge is 0.493 e. The van der Waals surface area contributed by atoms with Crippen LogP contribution in [0.4, 0.5) is 5.69 Å². The van der Waals surface area contributed by atoms with Gasteiger partial charge in [-0.05, 0) is 86.7 Å². The molecule has 2 aliphatic heterocycles. The molecule has 2 aromatic carbocycles. The smallest absolute Gasteiger partial charge is 0.229 e. The fraction of sp³-hybridized carbons (Fsp3) is 0.636. The van der Waals surface area contributed by atoms with Crippen molar-refractivity contribution in [2.45, 2.75) is 74.7 Å². The number of nitrogens with zero attached hydrogens (tertiary/aromatic N) is 1. The number of hydrogen-bond acceptors (Lipinski definition) is 7. The summed E-state index contributed by atoms with van der Waals surface area (Å²) in [7, 11) is 0.278. The van der Waals surface area contributed by atoms with Gasteiger partial charge in [0.2, 0.25) is 10.0 Å². The number of likely N-dealkylation sites (tertiary alicyclic amines) is 1. The monoisotopic (exact) mass is 594 g/mol. The third-order valence-corrected chi connectivity index (χ3v) is 12.4. The van der Waals surface area contributed by atoms with Gasteiger partial charge in [0.1, 0.15) is 11.7 Å². The molecule has 4 saturated carbocycles. The second kappa shape index (κ2) is 9.34. The molecule has 9 rings (SSSR count). The Morgan fingerprint density at radius 2 is 1.98 bits per heavy atom. The molecule has 0 aromatic heterocycles. The molecule has 2 spiro atoms. The van der Waals surface area contributed by atoms with Gasteiger partial charge in [0.25, 0.3) is 0 Å². The maximum Gasteiger partial charge on any atom is 0.229 e. The van der Waals surface area contributed by atoms with Crippen LogP contribution in [0.3, 0.4) is 0 Å². The van der Waals surface area contributed by atoms with Crippen molar-refractivity contribution in [3.05, 3.63) is 53.1 Å². The molecule has 0 radical (unpaired) electrons. The highest BCUT2D eigenvalue weighted by Gasteiger charge is 2.80. The molecule has 3 unspecified atom stereocenters. The molecule has 9 heteroatoms. The van der Waals surface area contributed by atoms with Crippen LogP contribution in [-0.2, 0) is 37.9 Å². The molecule has 42 heavy (non-hydrogen) atoms. The molecule has 0 amide bonds. The lowest BCUT2D eigenvalue weighted by atomic mass is 9.35. The van der Waals surface area contributed by atoms with E-state index in [0.717, 1.165) is 61.6 Å². The zero-order valence-electron chi connectivity index (χ0n) is 24.9. The molecule has 5 aliphatic carbocycles. The number of sulfonamides is 1. The number of nitrogens with one attached hydrogen (secondary N) is 1. The maximum absolute atomic E-state index is 11.7. The van der Waals surface area contributed by atoms with Crippen molar-refractivity contribution in [2.24, 2.45) is 17.3 Å². The fourth-order valence-electron chi connectivity index (χ4n) is 10.2. The molecule has 1 saturated heterocycles. The zero-order valence-corrected chi connectivity index (χ0v) is 25.7. The fourth-order valence-corrected chi connectivity index (χ4v) is 10.7. The molecule has 7 aliphatic rings. The summed E-state index contributed by atoms with van der Waals surface area (Å²) in [5.74, 6) is 2.85. The van der Waals surface area contributed by atoms with E-state index < -0.39 is 15.6 Å². The Morgan fingerprint density at radius 3 is 2.74 bits per heavy atom. The van der Waals surface area contributed by atoms with Crippen molar-refractivity contribution in [3.63, 3.8) is 0 Å². The minimum atomic E-state index is -3.34. The number of anilines is 1. The van der Waals surface area contributed by atoms with Gasteiger partial charge in [-0.25, -0.2) is 8.42 Å². The standard InChI is InChI=1S/C33H42N2O6S/c1-38-26-10-9-23-16-27-31-11-12-33(39-2,24(17-31)20-40-19-22-5-4-6-25(15-22)34-42(3,36)37)30-32(31,28(23)29(26)41-30)13-14-35(27)18-21-7-8-21/h4-6,9-10,15,21,24,27,30,34H,7-8,11-14,16-20H2,1-3H3/t24-,27-,30-,31?,32?,33?/m1/s1. The van der Waals surface area contributed by atoms with Crippen LogP contribution in [0.1, 0.15) is 55.2 Å². The zero-order chi connectivity index (χ0) is 28.9. The number of piperidine rings is 1. The second-order valence-electron chi connectivity index (χ2n) is 13.8. The second-order valence-corrected chi connectivity index (χ2v) is 15.6. The van der Waals surface area contributed by atoms with Gasteiger partial charge in [-0.2, -0.15) is 0 Å². The summed E-state index contributed by atoms with van der Waals surface area (Å²) in [6.07, 6.45) is 9.21. The molecule has 1 N–H and O–H groups in total. The summed E-state index contributed by atoms with van der Waals surface area (Å²) in [6.45, 7) is 3.33. The van der Waals surface area contributed by atoms with Gasteiger partial charge in [-0.15, -0.1) is 0 Å². The third-order valence-electron chi connectivity index (χ3n) is 11.8. The van der Waals surface area contributed by atoms with Crippen LogP contribution in [0, 0.1) is 17.3 Å². The Kier molecular flexibility index (Phi) is 6.05. The van der Waals surface area contributed by atoms with Gasteiger partial charge in [0, 0.05) is 47.7 Å². The lowest BCUT2D eigenvalue weighted by molar-refractivity contribution is -0.283. The first-order valence-electron chi connectivity index (χ1n) is 15.5. The SMILES string of the molecule is COc1ccc2c3c1O[C@H]1C4(OC)CCC5(C[C@@H]4COCc4cccc(NS(C)(=O)=O)c4)[C@@H](C2)N(CC2CC2)CCC315. The molecule has 226 valence electrons. The van der Waals surface area contributed by atoms with E-state index in [1.165, 1.54) is 36.8 Å².